The number of nitrogens with two attached hydrogens (primary N) is 1. The maximum absolute atomic E-state index is 12.7. The van der Waals surface area contributed by atoms with Crippen molar-refractivity contribution in [2.75, 3.05) is 30.8 Å². The highest BCUT2D eigenvalue weighted by molar-refractivity contribution is 6.33. The first-order valence-electron chi connectivity index (χ1n) is 8.88. The first-order chi connectivity index (χ1) is 12.9. The summed E-state index contributed by atoms with van der Waals surface area (Å²) in [6.45, 7) is 5.51. The summed E-state index contributed by atoms with van der Waals surface area (Å²) in [5, 5.41) is 3.41. The smallest absolute Gasteiger partial charge is 0.255 e. The minimum atomic E-state index is -0.207. The number of rotatable bonds is 4. The summed E-state index contributed by atoms with van der Waals surface area (Å²) in [6.07, 6.45) is 1.66. The number of benzene rings is 1. The molecule has 160 valence electrons. The van der Waals surface area contributed by atoms with Gasteiger partial charge < -0.3 is 20.7 Å². The molecule has 29 heavy (non-hydrogen) atoms. The molecule has 0 saturated carbocycles. The lowest BCUT2D eigenvalue weighted by Gasteiger charge is -2.33. The van der Waals surface area contributed by atoms with Crippen molar-refractivity contribution in [2.45, 2.75) is 32.7 Å². The third-order valence-corrected chi connectivity index (χ3v) is 5.00. The van der Waals surface area contributed by atoms with E-state index >= 15 is 0 Å². The van der Waals surface area contributed by atoms with E-state index in [0.29, 0.717) is 22.0 Å². The van der Waals surface area contributed by atoms with E-state index in [1.807, 2.05) is 19.9 Å². The number of hydrogen-bond donors (Lipinski definition) is 2. The molecule has 10 heteroatoms. The maximum Gasteiger partial charge on any atom is 0.255 e. The van der Waals surface area contributed by atoms with Crippen LogP contribution in [0, 0.1) is 13.8 Å². The predicted octanol–water partition coefficient (Wildman–Crippen LogP) is 3.58. The zero-order chi connectivity index (χ0) is 19.6. The molecule has 1 aliphatic heterocycles. The van der Waals surface area contributed by atoms with Crippen LogP contribution in [0.2, 0.25) is 5.02 Å². The van der Waals surface area contributed by atoms with E-state index in [9.17, 15) is 4.79 Å². The van der Waals surface area contributed by atoms with Gasteiger partial charge in [-0.05, 0) is 32.8 Å². The molecule has 1 aromatic carbocycles. The molecule has 1 aromatic heterocycles. The van der Waals surface area contributed by atoms with Crippen molar-refractivity contribution < 1.29 is 9.53 Å². The third-order valence-electron chi connectivity index (χ3n) is 4.67. The maximum atomic E-state index is 12.7. The van der Waals surface area contributed by atoms with Gasteiger partial charge in [0, 0.05) is 37.0 Å². The number of amides is 1. The van der Waals surface area contributed by atoms with Gasteiger partial charge in [0.25, 0.3) is 5.91 Å². The van der Waals surface area contributed by atoms with Gasteiger partial charge in [-0.1, -0.05) is 11.6 Å². The predicted molar refractivity (Wildman–Crippen MR) is 121 cm³/mol. The van der Waals surface area contributed by atoms with Crippen molar-refractivity contribution in [3.8, 4) is 5.75 Å². The minimum Gasteiger partial charge on any atom is -0.496 e. The fourth-order valence-electron chi connectivity index (χ4n) is 3.29. The number of nitrogen functional groups attached to an aromatic ring is 1. The van der Waals surface area contributed by atoms with Crippen LogP contribution in [0.3, 0.4) is 0 Å². The summed E-state index contributed by atoms with van der Waals surface area (Å²) >= 11 is 6.06. The van der Waals surface area contributed by atoms with Crippen molar-refractivity contribution in [3.63, 3.8) is 0 Å². The van der Waals surface area contributed by atoms with Crippen LogP contribution in [0.25, 0.3) is 0 Å². The molecule has 0 spiro atoms. The molecule has 3 N–H and O–H groups in total. The number of nitrogens with zero attached hydrogens (tertiary/aromatic N) is 3. The quantitative estimate of drug-likeness (QED) is 0.675. The number of aromatic nitrogens is 2. The molecule has 1 fully saturated rings. The molecule has 2 heterocycles. The van der Waals surface area contributed by atoms with E-state index in [1.54, 1.807) is 12.1 Å². The molecule has 1 aliphatic rings. The van der Waals surface area contributed by atoms with Crippen molar-refractivity contribution in [1.29, 1.82) is 0 Å². The highest BCUT2D eigenvalue weighted by Gasteiger charge is 2.24. The Labute approximate surface area is 188 Å². The molecular weight excluding hydrogens is 437 g/mol. The van der Waals surface area contributed by atoms with E-state index in [4.69, 9.17) is 22.1 Å². The Hall–Kier alpha value is -1.96. The van der Waals surface area contributed by atoms with Gasteiger partial charge in [-0.15, -0.1) is 24.8 Å². The molecule has 0 atom stereocenters. The van der Waals surface area contributed by atoms with E-state index in [1.165, 1.54) is 7.11 Å². The van der Waals surface area contributed by atoms with Crippen molar-refractivity contribution >= 4 is 53.8 Å². The van der Waals surface area contributed by atoms with Gasteiger partial charge in [-0.3, -0.25) is 4.79 Å². The first kappa shape index (κ1) is 25.1. The molecule has 3 rings (SSSR count). The summed E-state index contributed by atoms with van der Waals surface area (Å²) < 4.78 is 5.27. The Balaban J connectivity index is 0.00000210. The van der Waals surface area contributed by atoms with Gasteiger partial charge in [0.2, 0.25) is 0 Å². The molecule has 0 bridgehead atoms. The summed E-state index contributed by atoms with van der Waals surface area (Å²) in [4.78, 5) is 23.7. The minimum absolute atomic E-state index is 0. The van der Waals surface area contributed by atoms with Crippen molar-refractivity contribution in [2.24, 2.45) is 0 Å². The number of hydrogen-bond acceptors (Lipinski definition) is 6. The average Bonchev–Trinajstić information content (AvgIpc) is 2.63. The average molecular weight is 463 g/mol. The molecule has 0 radical (unpaired) electrons. The van der Waals surface area contributed by atoms with E-state index in [2.05, 4.69) is 20.2 Å². The topological polar surface area (TPSA) is 93.4 Å². The Morgan fingerprint density at radius 2 is 1.86 bits per heavy atom. The number of methoxy groups -OCH3 is 1. The molecule has 0 unspecified atom stereocenters. The summed E-state index contributed by atoms with van der Waals surface area (Å²) in [7, 11) is 1.50. The van der Waals surface area contributed by atoms with Crippen LogP contribution in [-0.2, 0) is 0 Å². The third kappa shape index (κ3) is 6.01. The number of nitrogens with one attached hydrogen (secondary N) is 1. The lowest BCUT2D eigenvalue weighted by atomic mass is 10.0. The molecule has 0 aliphatic carbocycles. The second kappa shape index (κ2) is 10.7. The monoisotopic (exact) mass is 461 g/mol. The highest BCUT2D eigenvalue weighted by atomic mass is 35.5. The van der Waals surface area contributed by atoms with Crippen LogP contribution in [0.15, 0.2) is 18.2 Å². The number of piperidine rings is 1. The fourth-order valence-corrected chi connectivity index (χ4v) is 3.45. The fraction of sp³-hybridized carbons (Fsp3) is 0.421. The largest absolute Gasteiger partial charge is 0.496 e. The van der Waals surface area contributed by atoms with Gasteiger partial charge in [0.05, 0.1) is 23.4 Å². The standard InChI is InChI=1S/C19H24ClN5O2.2ClH/c1-11-8-18(23-12(2)22-11)25-6-4-13(5-7-25)24-19(26)14-9-15(20)16(21)10-17(14)27-3;;/h8-10,13H,4-7,21H2,1-3H3,(H,24,26);2*1H. The van der Waals surface area contributed by atoms with E-state index in [0.717, 1.165) is 43.3 Å². The lowest BCUT2D eigenvalue weighted by molar-refractivity contribution is 0.0928. The first-order valence-corrected chi connectivity index (χ1v) is 9.26. The second-order valence-electron chi connectivity index (χ2n) is 6.72. The van der Waals surface area contributed by atoms with Gasteiger partial charge in [-0.2, -0.15) is 0 Å². The number of carbonyl (C=O) groups excluding carboxylic acids is 1. The van der Waals surface area contributed by atoms with Gasteiger partial charge in [-0.25, -0.2) is 9.97 Å². The number of ether oxygens (including phenoxy) is 1. The normalized spacial score (nSPS) is 13.9. The molecule has 1 saturated heterocycles. The number of anilines is 2. The highest BCUT2D eigenvalue weighted by Crippen LogP contribution is 2.29. The summed E-state index contributed by atoms with van der Waals surface area (Å²) in [5.41, 5.74) is 7.51. The second-order valence-corrected chi connectivity index (χ2v) is 7.13. The summed E-state index contributed by atoms with van der Waals surface area (Å²) in [5.74, 6) is 1.92. The Bertz CT molecular complexity index is 838. The molecule has 7 nitrogen and oxygen atoms in total. The van der Waals surface area contributed by atoms with Gasteiger partial charge in [0.1, 0.15) is 17.4 Å². The van der Waals surface area contributed by atoms with Gasteiger partial charge in [0.15, 0.2) is 0 Å². The van der Waals surface area contributed by atoms with Gasteiger partial charge >= 0.3 is 0 Å². The molecule has 2 aromatic rings. The van der Waals surface area contributed by atoms with Crippen molar-refractivity contribution in [3.05, 3.63) is 40.3 Å². The number of aryl methyl sites for hydroxylation is 2. The van der Waals surface area contributed by atoms with E-state index in [-0.39, 0.29) is 36.8 Å². The van der Waals surface area contributed by atoms with Crippen LogP contribution in [-0.4, -0.2) is 42.1 Å². The SMILES string of the molecule is COc1cc(N)c(Cl)cc1C(=O)NC1CCN(c2cc(C)nc(C)n2)CC1.Cl.Cl. The van der Waals surface area contributed by atoms with E-state index < -0.39 is 0 Å². The zero-order valence-corrected chi connectivity index (χ0v) is 19.0. The molecule has 1 amide bonds. The van der Waals surface area contributed by atoms with Crippen LogP contribution < -0.4 is 20.7 Å². The van der Waals surface area contributed by atoms with Crippen LogP contribution >= 0.6 is 36.4 Å². The summed E-state index contributed by atoms with van der Waals surface area (Å²) in [6, 6.07) is 5.19. The van der Waals surface area contributed by atoms with Crippen LogP contribution in [0.4, 0.5) is 11.5 Å². The number of halogens is 3. The van der Waals surface area contributed by atoms with Crippen LogP contribution in [0.5, 0.6) is 5.75 Å². The number of carbonyl (C=O) groups is 1. The molecular formula is C19H26Cl3N5O2. The Kier molecular flexibility index (Phi) is 9.26. The Morgan fingerprint density at radius 1 is 1.21 bits per heavy atom. The Morgan fingerprint density at radius 3 is 2.45 bits per heavy atom. The zero-order valence-electron chi connectivity index (χ0n) is 16.6. The van der Waals surface area contributed by atoms with Crippen LogP contribution in [0.1, 0.15) is 34.7 Å². The lowest BCUT2D eigenvalue weighted by Crippen LogP contribution is -2.45. The van der Waals surface area contributed by atoms with Crippen molar-refractivity contribution in [1.82, 2.24) is 15.3 Å².